The number of nitrogens with zero attached hydrogens (tertiary/aromatic N) is 5. The number of H-pyrrole nitrogens is 1. The van der Waals surface area contributed by atoms with Crippen molar-refractivity contribution in [3.05, 3.63) is 41.3 Å². The van der Waals surface area contributed by atoms with Crippen molar-refractivity contribution < 1.29 is 19.0 Å². The third kappa shape index (κ3) is 5.09. The van der Waals surface area contributed by atoms with Crippen LogP contribution in [-0.2, 0) is 23.1 Å². The Hall–Kier alpha value is -4.08. The van der Waals surface area contributed by atoms with Crippen LogP contribution in [0.25, 0.3) is 34.2 Å². The Labute approximate surface area is 215 Å². The SMILES string of the molecule is CCOC(=O)Cn1nc(C)c2c1OCC(C)CCCOc1c(cnn1C)-c1ccc3n[nH]c(c3c1)/C=C/2. The smallest absolute Gasteiger partial charge is 0.327 e. The maximum absolute atomic E-state index is 12.2. The summed E-state index contributed by atoms with van der Waals surface area (Å²) < 4.78 is 21.0. The second kappa shape index (κ2) is 10.5. The molecule has 0 saturated heterocycles. The average molecular weight is 505 g/mol. The van der Waals surface area contributed by atoms with Crippen molar-refractivity contribution in [2.75, 3.05) is 19.8 Å². The Morgan fingerprint density at radius 1 is 1.24 bits per heavy atom. The molecule has 1 N–H and O–H groups in total. The highest BCUT2D eigenvalue weighted by molar-refractivity contribution is 5.93. The van der Waals surface area contributed by atoms with Crippen molar-refractivity contribution in [3.63, 3.8) is 0 Å². The minimum atomic E-state index is -0.352. The first-order chi connectivity index (χ1) is 17.9. The number of carbonyl (C=O) groups is 1. The van der Waals surface area contributed by atoms with Crippen LogP contribution < -0.4 is 9.47 Å². The van der Waals surface area contributed by atoms with Gasteiger partial charge >= 0.3 is 5.97 Å². The highest BCUT2D eigenvalue weighted by Gasteiger charge is 2.20. The second-order valence-corrected chi connectivity index (χ2v) is 9.36. The Kier molecular flexibility index (Phi) is 6.98. The van der Waals surface area contributed by atoms with E-state index < -0.39 is 0 Å². The van der Waals surface area contributed by atoms with E-state index in [0.29, 0.717) is 25.7 Å². The van der Waals surface area contributed by atoms with Gasteiger partial charge in [0.2, 0.25) is 11.8 Å². The number of aromatic nitrogens is 6. The molecule has 1 aliphatic rings. The minimum Gasteiger partial charge on any atom is -0.477 e. The summed E-state index contributed by atoms with van der Waals surface area (Å²) in [6.07, 6.45) is 7.55. The van der Waals surface area contributed by atoms with Crippen LogP contribution in [0.4, 0.5) is 0 Å². The van der Waals surface area contributed by atoms with E-state index in [-0.39, 0.29) is 18.4 Å². The molecular formula is C27H32N6O4. The molecule has 37 heavy (non-hydrogen) atoms. The van der Waals surface area contributed by atoms with Crippen LogP contribution in [0, 0.1) is 12.8 Å². The van der Waals surface area contributed by atoms with E-state index in [9.17, 15) is 4.79 Å². The predicted octanol–water partition coefficient (Wildman–Crippen LogP) is 4.39. The number of aryl methyl sites for hydroxylation is 2. The molecule has 0 radical (unpaired) electrons. The number of aromatic amines is 1. The van der Waals surface area contributed by atoms with Gasteiger partial charge in [0.1, 0.15) is 6.54 Å². The molecule has 194 valence electrons. The lowest BCUT2D eigenvalue weighted by molar-refractivity contribution is -0.144. The lowest BCUT2D eigenvalue weighted by Gasteiger charge is -2.15. The van der Waals surface area contributed by atoms with Gasteiger partial charge in [-0.25, -0.2) is 9.36 Å². The van der Waals surface area contributed by atoms with Gasteiger partial charge in [-0.05, 0) is 62.5 Å². The van der Waals surface area contributed by atoms with Gasteiger partial charge in [-0.3, -0.25) is 9.89 Å². The van der Waals surface area contributed by atoms with Crippen molar-refractivity contribution in [1.82, 2.24) is 29.8 Å². The third-order valence-corrected chi connectivity index (χ3v) is 6.49. The molecule has 5 rings (SSSR count). The molecule has 1 atom stereocenters. The Balaban J connectivity index is 1.58. The van der Waals surface area contributed by atoms with Crippen LogP contribution in [0.1, 0.15) is 43.6 Å². The normalized spacial score (nSPS) is 16.9. The van der Waals surface area contributed by atoms with Crippen LogP contribution in [0.5, 0.6) is 11.8 Å². The van der Waals surface area contributed by atoms with E-state index >= 15 is 0 Å². The summed E-state index contributed by atoms with van der Waals surface area (Å²) in [5.41, 5.74) is 5.24. The average Bonchev–Trinajstić information content (AvgIpc) is 3.53. The molecule has 0 spiro atoms. The molecule has 1 aliphatic heterocycles. The molecule has 2 bridgehead atoms. The van der Waals surface area contributed by atoms with E-state index in [1.54, 1.807) is 16.3 Å². The molecule has 4 heterocycles. The zero-order valence-corrected chi connectivity index (χ0v) is 21.7. The number of benzene rings is 1. The summed E-state index contributed by atoms with van der Waals surface area (Å²) in [5.74, 6) is 1.22. The Morgan fingerprint density at radius 2 is 2.11 bits per heavy atom. The van der Waals surface area contributed by atoms with Crippen LogP contribution in [0.3, 0.4) is 0 Å². The molecule has 1 unspecified atom stereocenters. The van der Waals surface area contributed by atoms with Crippen molar-refractivity contribution in [2.45, 2.75) is 40.2 Å². The number of ether oxygens (including phenoxy) is 3. The molecule has 0 amide bonds. The number of rotatable bonds is 3. The van der Waals surface area contributed by atoms with E-state index in [1.165, 1.54) is 0 Å². The highest BCUT2D eigenvalue weighted by atomic mass is 16.5. The van der Waals surface area contributed by atoms with Gasteiger partial charge in [-0.2, -0.15) is 15.3 Å². The summed E-state index contributed by atoms with van der Waals surface area (Å²) in [6, 6.07) is 6.12. The zero-order valence-electron chi connectivity index (χ0n) is 21.7. The first-order valence-corrected chi connectivity index (χ1v) is 12.6. The van der Waals surface area contributed by atoms with Gasteiger partial charge < -0.3 is 14.2 Å². The maximum Gasteiger partial charge on any atom is 0.327 e. The fourth-order valence-corrected chi connectivity index (χ4v) is 4.55. The van der Waals surface area contributed by atoms with E-state index in [2.05, 4.69) is 33.4 Å². The van der Waals surface area contributed by atoms with Crippen molar-refractivity contribution in [3.8, 4) is 22.9 Å². The molecule has 1 aromatic carbocycles. The standard InChI is InChI=1S/C27H32N6O4/c1-5-35-25(34)15-33-27-20(18(3)31-33)9-11-24-21-13-19(8-10-23(21)29-30-24)22-14-28-32(4)26(22)36-12-6-7-17(2)16-37-27/h8-11,13-14,17H,5-7,12,15-16H2,1-4H3,(H,29,30)/b11-9+. The van der Waals surface area contributed by atoms with Gasteiger partial charge in [0.05, 0.1) is 54.0 Å². The van der Waals surface area contributed by atoms with Gasteiger partial charge in [0.25, 0.3) is 0 Å². The summed E-state index contributed by atoms with van der Waals surface area (Å²) in [6.45, 7) is 7.20. The monoisotopic (exact) mass is 504 g/mol. The van der Waals surface area contributed by atoms with Crippen LogP contribution in [0.2, 0.25) is 0 Å². The zero-order chi connectivity index (χ0) is 25.9. The summed E-state index contributed by atoms with van der Waals surface area (Å²) in [4.78, 5) is 12.2. The molecule has 3 aromatic heterocycles. The quantitative estimate of drug-likeness (QED) is 0.412. The fourth-order valence-electron chi connectivity index (χ4n) is 4.55. The lowest BCUT2D eigenvalue weighted by Crippen LogP contribution is -2.18. The first-order valence-electron chi connectivity index (χ1n) is 12.6. The van der Waals surface area contributed by atoms with Crippen molar-refractivity contribution in [2.24, 2.45) is 13.0 Å². The van der Waals surface area contributed by atoms with E-state index in [0.717, 1.165) is 57.7 Å². The lowest BCUT2D eigenvalue weighted by atomic mass is 10.1. The predicted molar refractivity (Wildman–Crippen MR) is 140 cm³/mol. The molecule has 10 heteroatoms. The molecule has 0 aliphatic carbocycles. The number of hydrogen-bond donors (Lipinski definition) is 1. The molecule has 10 nitrogen and oxygen atoms in total. The fraction of sp³-hybridized carbons (Fsp3) is 0.407. The largest absolute Gasteiger partial charge is 0.477 e. The van der Waals surface area contributed by atoms with Gasteiger partial charge in [0.15, 0.2) is 0 Å². The molecule has 0 fully saturated rings. The molecular weight excluding hydrogens is 472 g/mol. The number of carbonyl (C=O) groups excluding carboxylic acids is 1. The summed E-state index contributed by atoms with van der Waals surface area (Å²) in [7, 11) is 1.89. The van der Waals surface area contributed by atoms with Gasteiger partial charge in [0, 0.05) is 12.4 Å². The number of nitrogens with one attached hydrogen (secondary N) is 1. The van der Waals surface area contributed by atoms with Crippen LogP contribution >= 0.6 is 0 Å². The Morgan fingerprint density at radius 3 is 2.95 bits per heavy atom. The van der Waals surface area contributed by atoms with Crippen molar-refractivity contribution in [1.29, 1.82) is 0 Å². The highest BCUT2D eigenvalue weighted by Crippen LogP contribution is 2.33. The number of esters is 1. The third-order valence-electron chi connectivity index (χ3n) is 6.49. The van der Waals surface area contributed by atoms with Gasteiger partial charge in [-0.1, -0.05) is 13.0 Å². The maximum atomic E-state index is 12.2. The van der Waals surface area contributed by atoms with Crippen molar-refractivity contribution >= 4 is 29.0 Å². The van der Waals surface area contributed by atoms with Crippen LogP contribution in [-0.4, -0.2) is 55.5 Å². The topological polar surface area (TPSA) is 109 Å². The van der Waals surface area contributed by atoms with E-state index in [1.807, 2.05) is 44.5 Å². The molecule has 4 aromatic rings. The number of fused-ring (bicyclic) bond motifs is 4. The van der Waals surface area contributed by atoms with Gasteiger partial charge in [-0.15, -0.1) is 0 Å². The second-order valence-electron chi connectivity index (χ2n) is 9.36. The first kappa shape index (κ1) is 24.6. The summed E-state index contributed by atoms with van der Waals surface area (Å²) >= 11 is 0. The number of hydrogen-bond acceptors (Lipinski definition) is 7. The molecule has 0 saturated carbocycles. The summed E-state index contributed by atoms with van der Waals surface area (Å²) in [5, 5.41) is 17.6. The Bertz CT molecular complexity index is 1450. The van der Waals surface area contributed by atoms with Crippen LogP contribution in [0.15, 0.2) is 24.4 Å². The minimum absolute atomic E-state index is 0.0112. The van der Waals surface area contributed by atoms with E-state index in [4.69, 9.17) is 14.2 Å².